The molecule has 0 unspecified atom stereocenters. The van der Waals surface area contributed by atoms with Gasteiger partial charge in [-0.15, -0.1) is 0 Å². The van der Waals surface area contributed by atoms with Crippen molar-refractivity contribution < 1.29 is 9.53 Å². The highest BCUT2D eigenvalue weighted by Crippen LogP contribution is 2.28. The summed E-state index contributed by atoms with van der Waals surface area (Å²) in [5.41, 5.74) is 2.33. The Hall–Kier alpha value is -2.01. The third-order valence-corrected chi connectivity index (χ3v) is 6.33. The fraction of sp³-hybridized carbons (Fsp3) is 0.591. The van der Waals surface area contributed by atoms with E-state index in [1.54, 1.807) is 7.11 Å². The lowest BCUT2D eigenvalue weighted by Crippen LogP contribution is -2.46. The van der Waals surface area contributed by atoms with E-state index in [2.05, 4.69) is 21.3 Å². The number of hydrogen-bond acceptors (Lipinski definition) is 3. The summed E-state index contributed by atoms with van der Waals surface area (Å²) in [6.45, 7) is 2.80. The number of amides is 1. The molecule has 1 aromatic carbocycles. The van der Waals surface area contributed by atoms with Crippen molar-refractivity contribution in [2.75, 3.05) is 26.7 Å². The quantitative estimate of drug-likeness (QED) is 0.819. The number of benzene rings is 1. The zero-order chi connectivity index (χ0) is 18.6. The van der Waals surface area contributed by atoms with Gasteiger partial charge >= 0.3 is 0 Å². The Kier molecular flexibility index (Phi) is 5.67. The maximum absolute atomic E-state index is 12.7. The molecule has 2 heterocycles. The number of aromatic amines is 1. The molecule has 2 fully saturated rings. The van der Waals surface area contributed by atoms with Crippen molar-refractivity contribution in [1.29, 1.82) is 0 Å². The van der Waals surface area contributed by atoms with Gasteiger partial charge in [-0.1, -0.05) is 12.8 Å². The number of piperidine rings is 1. The summed E-state index contributed by atoms with van der Waals surface area (Å²) in [6, 6.07) is 6.78. The van der Waals surface area contributed by atoms with E-state index < -0.39 is 0 Å². The van der Waals surface area contributed by atoms with E-state index in [1.165, 1.54) is 43.2 Å². The average molecular weight is 370 g/mol. The number of fused-ring (bicyclic) bond motifs is 1. The van der Waals surface area contributed by atoms with Gasteiger partial charge in [0.1, 0.15) is 5.75 Å². The summed E-state index contributed by atoms with van der Waals surface area (Å²) in [5.74, 6) is 1.25. The van der Waals surface area contributed by atoms with Crippen LogP contribution in [-0.2, 0) is 11.2 Å². The van der Waals surface area contributed by atoms with Gasteiger partial charge in [0.05, 0.1) is 13.0 Å². The third-order valence-electron chi connectivity index (χ3n) is 6.33. The molecule has 5 nitrogen and oxygen atoms in total. The summed E-state index contributed by atoms with van der Waals surface area (Å²) < 4.78 is 5.33. The van der Waals surface area contributed by atoms with Gasteiger partial charge in [0.15, 0.2) is 0 Å². The lowest BCUT2D eigenvalue weighted by molar-refractivity contribution is -0.127. The average Bonchev–Trinajstić information content (AvgIpc) is 3.38. The van der Waals surface area contributed by atoms with E-state index in [1.807, 2.05) is 18.3 Å². The van der Waals surface area contributed by atoms with Crippen molar-refractivity contribution >= 4 is 16.8 Å². The first-order valence-corrected chi connectivity index (χ1v) is 10.4. The summed E-state index contributed by atoms with van der Waals surface area (Å²) >= 11 is 0. The van der Waals surface area contributed by atoms with Gasteiger partial charge in [-0.3, -0.25) is 9.69 Å². The molecular formula is C22H31N3O2. The van der Waals surface area contributed by atoms with Gasteiger partial charge in [0.2, 0.25) is 5.91 Å². The van der Waals surface area contributed by atoms with Crippen LogP contribution in [0.4, 0.5) is 0 Å². The number of ether oxygens (including phenoxy) is 1. The SMILES string of the molecule is COc1ccc2[nH]cc(CCNC(=O)[C@H]3CCCN(C4CCCC4)C3)c2c1. The van der Waals surface area contributed by atoms with Gasteiger partial charge in [-0.05, 0) is 62.4 Å². The maximum Gasteiger partial charge on any atom is 0.224 e. The van der Waals surface area contributed by atoms with Gasteiger partial charge < -0.3 is 15.0 Å². The first-order chi connectivity index (χ1) is 13.2. The van der Waals surface area contributed by atoms with Crippen molar-refractivity contribution in [1.82, 2.24) is 15.2 Å². The van der Waals surface area contributed by atoms with Gasteiger partial charge in [0.25, 0.3) is 0 Å². The number of rotatable bonds is 6. The van der Waals surface area contributed by atoms with Crippen molar-refractivity contribution in [2.45, 2.75) is 51.0 Å². The molecule has 27 heavy (non-hydrogen) atoms. The van der Waals surface area contributed by atoms with Crippen LogP contribution in [0.2, 0.25) is 0 Å². The standard InChI is InChI=1S/C22H31N3O2/c1-27-19-8-9-21-20(13-19)16(14-24-21)10-11-23-22(26)17-5-4-12-25(15-17)18-6-2-3-7-18/h8-9,13-14,17-18,24H,2-7,10-12,15H2,1H3,(H,23,26)/t17-/m0/s1. The van der Waals surface area contributed by atoms with Crippen LogP contribution in [0.3, 0.4) is 0 Å². The van der Waals surface area contributed by atoms with Crippen molar-refractivity contribution in [3.8, 4) is 5.75 Å². The second-order valence-electron chi connectivity index (χ2n) is 8.04. The Balaban J connectivity index is 1.30. The highest BCUT2D eigenvalue weighted by molar-refractivity contribution is 5.85. The predicted molar refractivity (Wildman–Crippen MR) is 108 cm³/mol. The molecule has 1 atom stereocenters. The summed E-state index contributed by atoms with van der Waals surface area (Å²) in [5, 5.41) is 4.36. The number of nitrogens with one attached hydrogen (secondary N) is 2. The van der Waals surface area contributed by atoms with Crippen LogP contribution in [0.25, 0.3) is 10.9 Å². The van der Waals surface area contributed by atoms with Crippen LogP contribution < -0.4 is 10.1 Å². The minimum absolute atomic E-state index is 0.155. The van der Waals surface area contributed by atoms with E-state index in [-0.39, 0.29) is 11.8 Å². The minimum Gasteiger partial charge on any atom is -0.497 e. The van der Waals surface area contributed by atoms with E-state index >= 15 is 0 Å². The first-order valence-electron chi connectivity index (χ1n) is 10.4. The minimum atomic E-state index is 0.155. The molecule has 5 heteroatoms. The molecule has 0 spiro atoms. The monoisotopic (exact) mass is 369 g/mol. The number of nitrogens with zero attached hydrogens (tertiary/aromatic N) is 1. The highest BCUT2D eigenvalue weighted by Gasteiger charge is 2.30. The van der Waals surface area contributed by atoms with Gasteiger partial charge in [-0.25, -0.2) is 0 Å². The zero-order valence-electron chi connectivity index (χ0n) is 16.3. The molecule has 2 aliphatic rings. The lowest BCUT2D eigenvalue weighted by atomic mass is 9.95. The van der Waals surface area contributed by atoms with E-state index in [9.17, 15) is 4.79 Å². The Morgan fingerprint density at radius 2 is 2.11 bits per heavy atom. The molecule has 146 valence electrons. The molecule has 4 rings (SSSR count). The Morgan fingerprint density at radius 1 is 1.26 bits per heavy atom. The summed E-state index contributed by atoms with van der Waals surface area (Å²) in [4.78, 5) is 18.6. The fourth-order valence-corrected chi connectivity index (χ4v) is 4.78. The molecular weight excluding hydrogens is 338 g/mol. The fourth-order valence-electron chi connectivity index (χ4n) is 4.78. The van der Waals surface area contributed by atoms with Gasteiger partial charge in [0, 0.05) is 36.2 Å². The topological polar surface area (TPSA) is 57.4 Å². The largest absolute Gasteiger partial charge is 0.497 e. The molecule has 2 aromatic rings. The third kappa shape index (κ3) is 4.13. The normalized spacial score (nSPS) is 21.6. The first kappa shape index (κ1) is 18.4. The molecule has 1 aromatic heterocycles. The number of carbonyl (C=O) groups is 1. The number of H-pyrrole nitrogens is 1. The number of likely N-dealkylation sites (tertiary alicyclic amines) is 1. The van der Waals surface area contributed by atoms with Crippen molar-refractivity contribution in [3.63, 3.8) is 0 Å². The number of aromatic nitrogens is 1. The molecule has 1 aliphatic carbocycles. The van der Waals surface area contributed by atoms with Crippen LogP contribution in [0.5, 0.6) is 5.75 Å². The molecule has 1 amide bonds. The molecule has 0 bridgehead atoms. The predicted octanol–water partition coefficient (Wildman–Crippen LogP) is 3.49. The summed E-state index contributed by atoms with van der Waals surface area (Å²) in [6.07, 6.45) is 10.4. The van der Waals surface area contributed by atoms with Crippen LogP contribution in [-0.4, -0.2) is 48.6 Å². The maximum atomic E-state index is 12.7. The smallest absolute Gasteiger partial charge is 0.224 e. The zero-order valence-corrected chi connectivity index (χ0v) is 16.3. The Labute approximate surface area is 161 Å². The van der Waals surface area contributed by atoms with Crippen LogP contribution in [0, 0.1) is 5.92 Å². The van der Waals surface area contributed by atoms with Crippen molar-refractivity contribution in [2.24, 2.45) is 5.92 Å². The molecule has 1 saturated heterocycles. The summed E-state index contributed by atoms with van der Waals surface area (Å²) in [7, 11) is 1.69. The number of carbonyl (C=O) groups excluding carboxylic acids is 1. The van der Waals surface area contributed by atoms with Crippen LogP contribution in [0.15, 0.2) is 24.4 Å². The van der Waals surface area contributed by atoms with Crippen LogP contribution in [0.1, 0.15) is 44.1 Å². The Bertz CT molecular complexity index is 779. The molecule has 1 aliphatic heterocycles. The van der Waals surface area contributed by atoms with Crippen molar-refractivity contribution in [3.05, 3.63) is 30.0 Å². The second-order valence-corrected chi connectivity index (χ2v) is 8.04. The van der Waals surface area contributed by atoms with Gasteiger partial charge in [-0.2, -0.15) is 0 Å². The van der Waals surface area contributed by atoms with E-state index in [0.29, 0.717) is 6.54 Å². The Morgan fingerprint density at radius 3 is 2.93 bits per heavy atom. The highest BCUT2D eigenvalue weighted by atomic mass is 16.5. The second kappa shape index (κ2) is 8.34. The molecule has 1 saturated carbocycles. The molecule has 0 radical (unpaired) electrons. The lowest BCUT2D eigenvalue weighted by Gasteiger charge is -2.36. The number of hydrogen-bond donors (Lipinski definition) is 2. The molecule has 2 N–H and O–H groups in total. The van der Waals surface area contributed by atoms with Crippen LogP contribution >= 0.6 is 0 Å². The van der Waals surface area contributed by atoms with E-state index in [4.69, 9.17) is 4.74 Å². The number of methoxy groups -OCH3 is 1. The van der Waals surface area contributed by atoms with E-state index in [0.717, 1.165) is 43.1 Å².